The quantitative estimate of drug-likeness (QED) is 0.271. The number of para-hydroxylation sites is 1. The van der Waals surface area contributed by atoms with Gasteiger partial charge in [-0.1, -0.05) is 63.1 Å². The maximum Gasteiger partial charge on any atom is 0.260 e. The molecule has 10 heteroatoms. The Balaban J connectivity index is 1.92. The predicted molar refractivity (Wildman–Crippen MR) is 150 cm³/mol. The standard InChI is InChI=1S/C26H35ClN4O3S2/c1-5-9-17-30(8-4)36(33,34)21-15-13-20(14-16-21)25(32)31(19-18-29(6-2)7-3)26-28-24-22(27)11-10-12-23(24)35-26/h10-16H,5-9,17-19H2,1-4H3. The molecular weight excluding hydrogens is 516 g/mol. The number of carbonyl (C=O) groups excluding carboxylic acids is 1. The van der Waals surface area contributed by atoms with E-state index in [1.807, 2.05) is 26.0 Å². The number of sulfonamides is 1. The molecule has 0 fully saturated rings. The van der Waals surface area contributed by atoms with E-state index < -0.39 is 10.0 Å². The Morgan fingerprint density at radius 2 is 1.64 bits per heavy atom. The molecule has 0 N–H and O–H groups in total. The molecule has 1 heterocycles. The number of halogens is 1. The van der Waals surface area contributed by atoms with Crippen LogP contribution < -0.4 is 4.90 Å². The van der Waals surface area contributed by atoms with Gasteiger partial charge in [0, 0.05) is 31.7 Å². The normalized spacial score (nSPS) is 12.1. The summed E-state index contributed by atoms with van der Waals surface area (Å²) in [5.74, 6) is -0.223. The number of anilines is 1. The van der Waals surface area contributed by atoms with Crippen molar-refractivity contribution in [3.63, 3.8) is 0 Å². The minimum Gasteiger partial charge on any atom is -0.302 e. The van der Waals surface area contributed by atoms with E-state index in [9.17, 15) is 13.2 Å². The molecule has 2 aromatic carbocycles. The van der Waals surface area contributed by atoms with Gasteiger partial charge in [-0.05, 0) is 55.9 Å². The van der Waals surface area contributed by atoms with E-state index in [2.05, 4.69) is 23.7 Å². The molecule has 196 valence electrons. The van der Waals surface area contributed by atoms with E-state index in [1.165, 1.54) is 27.8 Å². The van der Waals surface area contributed by atoms with Crippen LogP contribution in [0.25, 0.3) is 10.2 Å². The van der Waals surface area contributed by atoms with Crippen LogP contribution in [0.4, 0.5) is 5.13 Å². The molecule has 0 radical (unpaired) electrons. The van der Waals surface area contributed by atoms with E-state index in [0.29, 0.717) is 47.4 Å². The zero-order chi connectivity index (χ0) is 26.3. The molecular formula is C26H35ClN4O3S2. The van der Waals surface area contributed by atoms with Crippen LogP contribution in [-0.2, 0) is 10.0 Å². The molecule has 0 unspecified atom stereocenters. The van der Waals surface area contributed by atoms with Crippen molar-refractivity contribution in [2.75, 3.05) is 44.2 Å². The largest absolute Gasteiger partial charge is 0.302 e. The molecule has 0 saturated carbocycles. The second-order valence-electron chi connectivity index (χ2n) is 8.44. The van der Waals surface area contributed by atoms with Crippen LogP contribution in [0, 0.1) is 0 Å². The summed E-state index contributed by atoms with van der Waals surface area (Å²) >= 11 is 7.76. The number of unbranched alkanes of at least 4 members (excludes halogenated alkanes) is 1. The molecule has 1 aromatic heterocycles. The lowest BCUT2D eigenvalue weighted by Crippen LogP contribution is -2.39. The first-order valence-electron chi connectivity index (χ1n) is 12.5. The third kappa shape index (κ3) is 6.44. The second kappa shape index (κ2) is 13.0. The third-order valence-electron chi connectivity index (χ3n) is 6.22. The van der Waals surface area contributed by atoms with Crippen LogP contribution >= 0.6 is 22.9 Å². The van der Waals surface area contributed by atoms with Crippen molar-refractivity contribution >= 4 is 54.2 Å². The lowest BCUT2D eigenvalue weighted by atomic mass is 10.2. The summed E-state index contributed by atoms with van der Waals surface area (Å²) < 4.78 is 28.6. The Morgan fingerprint density at radius 1 is 0.944 bits per heavy atom. The van der Waals surface area contributed by atoms with Gasteiger partial charge >= 0.3 is 0 Å². The zero-order valence-corrected chi connectivity index (χ0v) is 23.8. The number of thiazole rings is 1. The first-order valence-corrected chi connectivity index (χ1v) is 15.1. The van der Waals surface area contributed by atoms with Crippen molar-refractivity contribution in [2.45, 2.75) is 45.4 Å². The topological polar surface area (TPSA) is 73.8 Å². The van der Waals surface area contributed by atoms with Gasteiger partial charge < -0.3 is 4.90 Å². The molecule has 36 heavy (non-hydrogen) atoms. The predicted octanol–water partition coefficient (Wildman–Crippen LogP) is 5.75. The summed E-state index contributed by atoms with van der Waals surface area (Å²) in [7, 11) is -3.61. The number of hydrogen-bond acceptors (Lipinski definition) is 6. The number of rotatable bonds is 13. The van der Waals surface area contributed by atoms with E-state index in [0.717, 1.165) is 30.6 Å². The molecule has 7 nitrogen and oxygen atoms in total. The number of carbonyl (C=O) groups is 1. The van der Waals surface area contributed by atoms with Gasteiger partial charge in [-0.3, -0.25) is 9.69 Å². The SMILES string of the molecule is CCCCN(CC)S(=O)(=O)c1ccc(C(=O)N(CCN(CC)CC)c2nc3c(Cl)cccc3s2)cc1. The average Bonchev–Trinajstić information content (AvgIpc) is 3.32. The number of nitrogens with zero attached hydrogens (tertiary/aromatic N) is 4. The van der Waals surface area contributed by atoms with Gasteiger partial charge in [-0.15, -0.1) is 0 Å². The molecule has 0 atom stereocenters. The lowest BCUT2D eigenvalue weighted by Gasteiger charge is -2.25. The van der Waals surface area contributed by atoms with Crippen LogP contribution in [0.15, 0.2) is 47.4 Å². The van der Waals surface area contributed by atoms with Crippen LogP contribution in [0.5, 0.6) is 0 Å². The highest BCUT2D eigenvalue weighted by atomic mass is 35.5. The first-order chi connectivity index (χ1) is 17.3. The van der Waals surface area contributed by atoms with Gasteiger partial charge in [0.05, 0.1) is 14.6 Å². The summed E-state index contributed by atoms with van der Waals surface area (Å²) in [5.41, 5.74) is 1.09. The smallest absolute Gasteiger partial charge is 0.260 e. The third-order valence-corrected chi connectivity index (χ3v) is 9.56. The monoisotopic (exact) mass is 550 g/mol. The van der Waals surface area contributed by atoms with Crippen molar-refractivity contribution in [2.24, 2.45) is 0 Å². The number of aromatic nitrogens is 1. The fourth-order valence-corrected chi connectivity index (χ4v) is 6.72. The molecule has 3 rings (SSSR count). The molecule has 0 spiro atoms. The van der Waals surface area contributed by atoms with Crippen molar-refractivity contribution in [1.29, 1.82) is 0 Å². The molecule has 3 aromatic rings. The maximum absolute atomic E-state index is 13.7. The van der Waals surface area contributed by atoms with Crippen LogP contribution in [0.1, 0.15) is 50.9 Å². The number of amides is 1. The minimum absolute atomic E-state index is 0.193. The summed E-state index contributed by atoms with van der Waals surface area (Å²) in [6.07, 6.45) is 1.72. The van der Waals surface area contributed by atoms with Crippen molar-refractivity contribution in [3.05, 3.63) is 53.1 Å². The van der Waals surface area contributed by atoms with Gasteiger partial charge in [0.2, 0.25) is 10.0 Å². The second-order valence-corrected chi connectivity index (χ2v) is 11.8. The maximum atomic E-state index is 13.7. The summed E-state index contributed by atoms with van der Waals surface area (Å²) in [4.78, 5) is 22.5. The fraction of sp³-hybridized carbons (Fsp3) is 0.462. The molecule has 0 bridgehead atoms. The van der Waals surface area contributed by atoms with Gasteiger partial charge in [-0.2, -0.15) is 4.31 Å². The highest BCUT2D eigenvalue weighted by molar-refractivity contribution is 7.89. The number of likely N-dealkylation sites (N-methyl/N-ethyl adjacent to an activating group) is 1. The van der Waals surface area contributed by atoms with Crippen LogP contribution in [0.2, 0.25) is 5.02 Å². The Labute approximate surface area is 223 Å². The van der Waals surface area contributed by atoms with Crippen molar-refractivity contribution in [3.8, 4) is 0 Å². The van der Waals surface area contributed by atoms with Gasteiger partial charge in [0.1, 0.15) is 5.52 Å². The van der Waals surface area contributed by atoms with E-state index in [4.69, 9.17) is 11.6 Å². The summed E-state index contributed by atoms with van der Waals surface area (Å²) in [5, 5.41) is 1.12. The summed E-state index contributed by atoms with van der Waals surface area (Å²) in [6.45, 7) is 11.8. The molecule has 0 aliphatic rings. The van der Waals surface area contributed by atoms with E-state index >= 15 is 0 Å². The first kappa shape index (κ1) is 28.5. The number of fused-ring (bicyclic) bond motifs is 1. The van der Waals surface area contributed by atoms with Crippen molar-refractivity contribution in [1.82, 2.24) is 14.2 Å². The highest BCUT2D eigenvalue weighted by Gasteiger charge is 2.25. The van der Waals surface area contributed by atoms with Gasteiger partial charge in [0.25, 0.3) is 5.91 Å². The molecule has 0 saturated heterocycles. The average molecular weight is 551 g/mol. The Kier molecular flexibility index (Phi) is 10.3. The van der Waals surface area contributed by atoms with E-state index in [1.54, 1.807) is 23.1 Å². The Hall–Kier alpha value is -2.04. The highest BCUT2D eigenvalue weighted by Crippen LogP contribution is 2.33. The molecule has 1 amide bonds. The number of benzene rings is 2. The fourth-order valence-electron chi connectivity index (χ4n) is 3.94. The minimum atomic E-state index is -3.61. The van der Waals surface area contributed by atoms with E-state index in [-0.39, 0.29) is 10.8 Å². The van der Waals surface area contributed by atoms with Crippen LogP contribution in [0.3, 0.4) is 0 Å². The van der Waals surface area contributed by atoms with Crippen LogP contribution in [-0.4, -0.2) is 67.8 Å². The molecule has 0 aliphatic carbocycles. The Bertz CT molecular complexity index is 1260. The summed E-state index contributed by atoms with van der Waals surface area (Å²) in [6, 6.07) is 11.8. The van der Waals surface area contributed by atoms with Gasteiger partial charge in [-0.25, -0.2) is 13.4 Å². The van der Waals surface area contributed by atoms with Gasteiger partial charge in [0.15, 0.2) is 5.13 Å². The van der Waals surface area contributed by atoms with Crippen molar-refractivity contribution < 1.29 is 13.2 Å². The lowest BCUT2D eigenvalue weighted by molar-refractivity contribution is 0.0983. The molecule has 0 aliphatic heterocycles. The number of hydrogen-bond donors (Lipinski definition) is 0. The Morgan fingerprint density at radius 3 is 2.22 bits per heavy atom. The zero-order valence-electron chi connectivity index (χ0n) is 21.4.